The first-order chi connectivity index (χ1) is 9.90. The summed E-state index contributed by atoms with van der Waals surface area (Å²) in [6, 6.07) is 10.9. The van der Waals surface area contributed by atoms with Crippen LogP contribution in [0.4, 0.5) is 0 Å². The van der Waals surface area contributed by atoms with Crippen molar-refractivity contribution in [3.05, 3.63) is 35.9 Å². The largest absolute Gasteiger partial charge is 0.351 e. The zero-order valence-corrected chi connectivity index (χ0v) is 12.0. The topological polar surface area (TPSA) is 12.7 Å². The second-order valence-corrected chi connectivity index (χ2v) is 6.02. The summed E-state index contributed by atoms with van der Waals surface area (Å²) < 4.78 is 2.59. The van der Waals surface area contributed by atoms with Gasteiger partial charge in [0.15, 0.2) is 0 Å². The predicted octanol–water partition coefficient (Wildman–Crippen LogP) is 0.502. The molecule has 0 spiro atoms. The Morgan fingerprint density at radius 1 is 0.800 bits per heavy atom. The summed E-state index contributed by atoms with van der Waals surface area (Å²) in [7, 11) is 0. The van der Waals surface area contributed by atoms with Crippen LogP contribution in [0, 0.1) is 0 Å². The Kier molecular flexibility index (Phi) is 3.11. The molecule has 4 rings (SSSR count). The predicted molar refractivity (Wildman–Crippen MR) is 79.9 cm³/mol. The van der Waals surface area contributed by atoms with Gasteiger partial charge in [0.25, 0.3) is 0 Å². The number of benzene rings is 1. The number of nitrogens with zero attached hydrogens (tertiary/aromatic N) is 4. The molecule has 0 N–H and O–H groups in total. The molecule has 4 nitrogen and oxygen atoms in total. The normalized spacial score (nSPS) is 23.0. The Hall–Kier alpha value is -1.55. The molecule has 1 aromatic rings. The van der Waals surface area contributed by atoms with Crippen molar-refractivity contribution in [1.82, 2.24) is 14.7 Å². The molecule has 1 aromatic carbocycles. The molecule has 0 bridgehead atoms. The zero-order valence-electron chi connectivity index (χ0n) is 12.0. The van der Waals surface area contributed by atoms with Crippen LogP contribution in [0.2, 0.25) is 0 Å². The maximum atomic E-state index is 2.60. The van der Waals surface area contributed by atoms with E-state index >= 15 is 0 Å². The van der Waals surface area contributed by atoms with E-state index in [9.17, 15) is 0 Å². The molecule has 0 amide bonds. The molecule has 0 aromatic heterocycles. The van der Waals surface area contributed by atoms with Crippen LogP contribution in [0.5, 0.6) is 0 Å². The van der Waals surface area contributed by atoms with E-state index in [1.165, 1.54) is 63.9 Å². The molecule has 106 valence electrons. The summed E-state index contributed by atoms with van der Waals surface area (Å²) in [6.07, 6.45) is 0. The van der Waals surface area contributed by atoms with Crippen LogP contribution in [0.15, 0.2) is 30.3 Å². The van der Waals surface area contributed by atoms with Gasteiger partial charge >= 0.3 is 5.96 Å². The molecule has 0 saturated carbocycles. The van der Waals surface area contributed by atoms with Crippen LogP contribution in [0.25, 0.3) is 0 Å². The molecule has 0 atom stereocenters. The van der Waals surface area contributed by atoms with Gasteiger partial charge in [-0.05, 0) is 5.56 Å². The van der Waals surface area contributed by atoms with Crippen LogP contribution in [0.1, 0.15) is 5.56 Å². The lowest BCUT2D eigenvalue weighted by atomic mass is 10.2. The molecule has 4 heteroatoms. The second-order valence-electron chi connectivity index (χ2n) is 6.02. The number of guanidine groups is 1. The Balaban J connectivity index is 1.48. The van der Waals surface area contributed by atoms with Crippen LogP contribution in [-0.4, -0.2) is 77.6 Å². The molecule has 1 fully saturated rings. The van der Waals surface area contributed by atoms with Gasteiger partial charge in [0, 0.05) is 19.6 Å². The summed E-state index contributed by atoms with van der Waals surface area (Å²) in [4.78, 5) is 7.75. The first-order valence-corrected chi connectivity index (χ1v) is 7.78. The highest BCUT2D eigenvalue weighted by Gasteiger charge is 2.41. The first-order valence-electron chi connectivity index (χ1n) is 7.78. The maximum Gasteiger partial charge on any atom is 0.351 e. The molecule has 3 aliphatic heterocycles. The van der Waals surface area contributed by atoms with E-state index in [4.69, 9.17) is 0 Å². The molecular weight excluding hydrogens is 248 g/mol. The summed E-state index contributed by atoms with van der Waals surface area (Å²) in [5.74, 6) is 1.52. The third-order valence-corrected chi connectivity index (χ3v) is 4.75. The van der Waals surface area contributed by atoms with Gasteiger partial charge < -0.3 is 0 Å². The van der Waals surface area contributed by atoms with Crippen molar-refractivity contribution in [1.29, 1.82) is 0 Å². The summed E-state index contributed by atoms with van der Waals surface area (Å²) in [6.45, 7) is 10.7. The number of hydrogen-bond acceptors (Lipinski definition) is 3. The minimum Gasteiger partial charge on any atom is -0.293 e. The Labute approximate surface area is 120 Å². The Morgan fingerprint density at radius 2 is 1.50 bits per heavy atom. The molecule has 0 unspecified atom stereocenters. The maximum absolute atomic E-state index is 2.60. The fourth-order valence-corrected chi connectivity index (χ4v) is 3.65. The van der Waals surface area contributed by atoms with E-state index < -0.39 is 0 Å². The van der Waals surface area contributed by atoms with Gasteiger partial charge in [0.1, 0.15) is 0 Å². The van der Waals surface area contributed by atoms with Crippen molar-refractivity contribution in [2.75, 3.05) is 52.4 Å². The van der Waals surface area contributed by atoms with Crippen molar-refractivity contribution in [2.45, 2.75) is 6.54 Å². The smallest absolute Gasteiger partial charge is 0.293 e. The molecule has 3 aliphatic rings. The van der Waals surface area contributed by atoms with Crippen molar-refractivity contribution in [3.63, 3.8) is 0 Å². The molecule has 1 saturated heterocycles. The van der Waals surface area contributed by atoms with Gasteiger partial charge in [-0.25, -0.2) is 0 Å². The monoisotopic (exact) mass is 271 g/mol. The van der Waals surface area contributed by atoms with Gasteiger partial charge in [-0.2, -0.15) is 0 Å². The molecular formula is C16H23N4+. The van der Waals surface area contributed by atoms with Crippen LogP contribution in [-0.2, 0) is 6.54 Å². The van der Waals surface area contributed by atoms with Crippen LogP contribution in [0.3, 0.4) is 0 Å². The van der Waals surface area contributed by atoms with Gasteiger partial charge in [0.2, 0.25) is 0 Å². The van der Waals surface area contributed by atoms with E-state index in [0.717, 1.165) is 6.54 Å². The average molecular weight is 271 g/mol. The SMILES string of the molecule is c1ccc(CN2CCN3CCN4CC[N+](=C34)CC2)cc1. The van der Waals surface area contributed by atoms with Crippen LogP contribution < -0.4 is 0 Å². The van der Waals surface area contributed by atoms with Gasteiger partial charge in [-0.3, -0.25) is 19.3 Å². The highest BCUT2D eigenvalue weighted by Crippen LogP contribution is 2.16. The lowest BCUT2D eigenvalue weighted by Crippen LogP contribution is -2.45. The lowest BCUT2D eigenvalue weighted by Gasteiger charge is -2.27. The van der Waals surface area contributed by atoms with Gasteiger partial charge in [-0.15, -0.1) is 0 Å². The number of hydrogen-bond donors (Lipinski definition) is 0. The minimum atomic E-state index is 1.08. The van der Waals surface area contributed by atoms with Crippen molar-refractivity contribution < 1.29 is 4.58 Å². The molecule has 3 heterocycles. The Bertz CT molecular complexity index is 510. The highest BCUT2D eigenvalue weighted by atomic mass is 15.5. The molecule has 20 heavy (non-hydrogen) atoms. The van der Waals surface area contributed by atoms with Crippen molar-refractivity contribution in [3.8, 4) is 0 Å². The summed E-state index contributed by atoms with van der Waals surface area (Å²) >= 11 is 0. The number of rotatable bonds is 2. The van der Waals surface area contributed by atoms with E-state index in [2.05, 4.69) is 49.6 Å². The van der Waals surface area contributed by atoms with E-state index in [1.807, 2.05) is 0 Å². The van der Waals surface area contributed by atoms with Crippen molar-refractivity contribution >= 4 is 5.96 Å². The van der Waals surface area contributed by atoms with E-state index in [0.29, 0.717) is 0 Å². The van der Waals surface area contributed by atoms with Gasteiger partial charge in [0.05, 0.1) is 39.3 Å². The van der Waals surface area contributed by atoms with E-state index in [-0.39, 0.29) is 0 Å². The fourth-order valence-electron chi connectivity index (χ4n) is 3.65. The van der Waals surface area contributed by atoms with Crippen LogP contribution >= 0.6 is 0 Å². The zero-order chi connectivity index (χ0) is 13.4. The summed E-state index contributed by atoms with van der Waals surface area (Å²) in [5, 5.41) is 0. The third-order valence-electron chi connectivity index (χ3n) is 4.75. The van der Waals surface area contributed by atoms with Crippen molar-refractivity contribution in [2.24, 2.45) is 0 Å². The second kappa shape index (κ2) is 5.09. The van der Waals surface area contributed by atoms with E-state index in [1.54, 1.807) is 0 Å². The average Bonchev–Trinajstić information content (AvgIpc) is 3.02. The third kappa shape index (κ3) is 2.18. The Morgan fingerprint density at radius 3 is 2.35 bits per heavy atom. The minimum absolute atomic E-state index is 1.08. The summed E-state index contributed by atoms with van der Waals surface area (Å²) in [5.41, 5.74) is 1.43. The standard InChI is InChI=1S/C16H23N4/c1-2-4-15(5-3-1)14-17-6-8-18-10-12-20-13-11-19(9-7-17)16(18)20/h1-5H,6-14H2/q+1. The first kappa shape index (κ1) is 12.2. The molecule has 0 radical (unpaired) electrons. The fraction of sp³-hybridized carbons (Fsp3) is 0.562. The molecule has 0 aliphatic carbocycles. The highest BCUT2D eigenvalue weighted by molar-refractivity contribution is 5.78. The van der Waals surface area contributed by atoms with Gasteiger partial charge in [-0.1, -0.05) is 30.3 Å². The quantitative estimate of drug-likeness (QED) is 0.727. The lowest BCUT2D eigenvalue weighted by molar-refractivity contribution is -0.523.